The van der Waals surface area contributed by atoms with Crippen LogP contribution in [0.15, 0.2) is 28.4 Å². The van der Waals surface area contributed by atoms with E-state index in [4.69, 9.17) is 25.4 Å². The molecule has 2 rings (SSSR count). The number of nitrogens with zero attached hydrogens (tertiary/aromatic N) is 3. The van der Waals surface area contributed by atoms with Gasteiger partial charge in [-0.15, -0.1) is 21.6 Å². The SMILES string of the molecule is Cc1cc(N(CCCOCCO)CCOCCO)ccc1N=Nc1sc(C(=O)O)c(C)c1C(N)=O. The first-order valence-electron chi connectivity index (χ1n) is 11.1. The third kappa shape index (κ3) is 8.37. The largest absolute Gasteiger partial charge is 0.477 e. The summed E-state index contributed by atoms with van der Waals surface area (Å²) in [6.07, 6.45) is 0.750. The molecule has 5 N–H and O–H groups in total. The summed E-state index contributed by atoms with van der Waals surface area (Å²) in [7, 11) is 0. The van der Waals surface area contributed by atoms with E-state index in [0.717, 1.165) is 29.0 Å². The minimum atomic E-state index is -1.15. The third-order valence-electron chi connectivity index (χ3n) is 5.06. The Morgan fingerprint density at radius 3 is 2.31 bits per heavy atom. The quantitative estimate of drug-likeness (QED) is 0.198. The highest BCUT2D eigenvalue weighted by molar-refractivity contribution is 7.18. The Morgan fingerprint density at radius 2 is 1.71 bits per heavy atom. The van der Waals surface area contributed by atoms with E-state index in [1.54, 1.807) is 6.07 Å². The van der Waals surface area contributed by atoms with E-state index in [2.05, 4.69) is 15.1 Å². The first kappa shape index (κ1) is 28.3. The Morgan fingerprint density at radius 1 is 1.03 bits per heavy atom. The molecular formula is C23H32N4O7S. The van der Waals surface area contributed by atoms with Gasteiger partial charge in [0.15, 0.2) is 5.00 Å². The van der Waals surface area contributed by atoms with Crippen LogP contribution in [0.5, 0.6) is 0 Å². The number of nitrogens with two attached hydrogens (primary N) is 1. The Hall–Kier alpha value is -2.90. The molecular weight excluding hydrogens is 476 g/mol. The van der Waals surface area contributed by atoms with Crippen LogP contribution in [-0.4, -0.2) is 79.9 Å². The van der Waals surface area contributed by atoms with Gasteiger partial charge in [0.2, 0.25) is 0 Å². The monoisotopic (exact) mass is 508 g/mol. The summed E-state index contributed by atoms with van der Waals surface area (Å²) < 4.78 is 10.8. The fourth-order valence-electron chi connectivity index (χ4n) is 3.35. The fourth-order valence-corrected chi connectivity index (χ4v) is 4.32. The summed E-state index contributed by atoms with van der Waals surface area (Å²) in [6, 6.07) is 5.63. The number of hydrogen-bond donors (Lipinski definition) is 4. The van der Waals surface area contributed by atoms with E-state index in [1.807, 2.05) is 19.1 Å². The lowest BCUT2D eigenvalue weighted by Gasteiger charge is -2.25. The average molecular weight is 509 g/mol. The van der Waals surface area contributed by atoms with E-state index in [9.17, 15) is 14.7 Å². The number of ether oxygens (including phenoxy) is 2. The molecule has 0 aliphatic carbocycles. The minimum Gasteiger partial charge on any atom is -0.477 e. The smallest absolute Gasteiger partial charge is 0.346 e. The number of carbonyl (C=O) groups excluding carboxylic acids is 1. The van der Waals surface area contributed by atoms with E-state index in [0.29, 0.717) is 38.6 Å². The van der Waals surface area contributed by atoms with Gasteiger partial charge in [-0.2, -0.15) is 0 Å². The number of aliphatic hydroxyl groups is 2. The third-order valence-corrected chi connectivity index (χ3v) is 6.22. The molecule has 1 heterocycles. The predicted molar refractivity (Wildman–Crippen MR) is 133 cm³/mol. The van der Waals surface area contributed by atoms with E-state index < -0.39 is 11.9 Å². The molecule has 192 valence electrons. The zero-order chi connectivity index (χ0) is 25.8. The van der Waals surface area contributed by atoms with Crippen LogP contribution in [0.1, 0.15) is 37.6 Å². The Bertz CT molecular complexity index is 1030. The summed E-state index contributed by atoms with van der Waals surface area (Å²) in [5.74, 6) is -1.91. The Labute approximate surface area is 207 Å². The van der Waals surface area contributed by atoms with Crippen LogP contribution >= 0.6 is 11.3 Å². The first-order valence-corrected chi connectivity index (χ1v) is 11.9. The zero-order valence-electron chi connectivity index (χ0n) is 19.9. The van der Waals surface area contributed by atoms with Crippen LogP contribution in [0.25, 0.3) is 0 Å². The van der Waals surface area contributed by atoms with Crippen LogP contribution in [0.3, 0.4) is 0 Å². The number of benzene rings is 1. The fraction of sp³-hybridized carbons (Fsp3) is 0.478. The van der Waals surface area contributed by atoms with Crippen molar-refractivity contribution >= 4 is 39.6 Å². The van der Waals surface area contributed by atoms with Gasteiger partial charge in [0.1, 0.15) is 4.88 Å². The van der Waals surface area contributed by atoms with Gasteiger partial charge < -0.3 is 35.4 Å². The van der Waals surface area contributed by atoms with Gasteiger partial charge in [-0.1, -0.05) is 0 Å². The van der Waals surface area contributed by atoms with Crippen molar-refractivity contribution < 1.29 is 34.4 Å². The van der Waals surface area contributed by atoms with Crippen molar-refractivity contribution in [1.82, 2.24) is 0 Å². The molecule has 0 fully saturated rings. The number of aromatic carboxylic acids is 1. The van der Waals surface area contributed by atoms with Crippen LogP contribution in [0.4, 0.5) is 16.4 Å². The maximum absolute atomic E-state index is 11.8. The molecule has 12 heteroatoms. The van der Waals surface area contributed by atoms with Crippen molar-refractivity contribution in [2.75, 3.05) is 57.6 Å². The zero-order valence-corrected chi connectivity index (χ0v) is 20.7. The molecule has 0 aliphatic heterocycles. The van der Waals surface area contributed by atoms with Gasteiger partial charge in [0.25, 0.3) is 5.91 Å². The number of carbonyl (C=O) groups is 2. The molecule has 1 aromatic heterocycles. The van der Waals surface area contributed by atoms with Crippen LogP contribution < -0.4 is 10.6 Å². The topological polar surface area (TPSA) is 167 Å². The number of hydrogen-bond acceptors (Lipinski definition) is 10. The maximum atomic E-state index is 11.8. The number of carboxylic acids is 1. The predicted octanol–water partition coefficient (Wildman–Crippen LogP) is 2.79. The molecule has 1 amide bonds. The number of anilines is 1. The van der Waals surface area contributed by atoms with Crippen LogP contribution in [0.2, 0.25) is 0 Å². The van der Waals surface area contributed by atoms with Gasteiger partial charge in [-0.05, 0) is 49.6 Å². The molecule has 0 spiro atoms. The summed E-state index contributed by atoms with van der Waals surface area (Å²) in [6.45, 7) is 6.17. The van der Waals surface area contributed by atoms with Crippen molar-refractivity contribution in [3.63, 3.8) is 0 Å². The summed E-state index contributed by atoms with van der Waals surface area (Å²) >= 11 is 0.855. The highest BCUT2D eigenvalue weighted by atomic mass is 32.1. The molecule has 0 saturated heterocycles. The maximum Gasteiger partial charge on any atom is 0.346 e. The van der Waals surface area contributed by atoms with Gasteiger partial charge in [-0.3, -0.25) is 4.79 Å². The summed E-state index contributed by atoms with van der Waals surface area (Å²) in [5, 5.41) is 35.6. The highest BCUT2D eigenvalue weighted by Gasteiger charge is 2.23. The van der Waals surface area contributed by atoms with Crippen LogP contribution in [-0.2, 0) is 9.47 Å². The van der Waals surface area contributed by atoms with Crippen LogP contribution in [0, 0.1) is 13.8 Å². The van der Waals surface area contributed by atoms with Crippen molar-refractivity contribution in [2.45, 2.75) is 20.3 Å². The number of azo groups is 1. The lowest BCUT2D eigenvalue weighted by atomic mass is 10.1. The van der Waals surface area contributed by atoms with Gasteiger partial charge in [-0.25, -0.2) is 4.79 Å². The van der Waals surface area contributed by atoms with Crippen molar-refractivity contribution in [2.24, 2.45) is 16.0 Å². The van der Waals surface area contributed by atoms with Crippen molar-refractivity contribution in [3.05, 3.63) is 39.8 Å². The minimum absolute atomic E-state index is 0.00171. The molecule has 0 unspecified atom stereocenters. The molecule has 0 atom stereocenters. The second kappa shape index (κ2) is 14.5. The van der Waals surface area contributed by atoms with E-state index in [-0.39, 0.29) is 40.8 Å². The van der Waals surface area contributed by atoms with E-state index >= 15 is 0 Å². The molecule has 2 aromatic rings. The number of primary amides is 1. The number of carboxylic acid groups (broad SMARTS) is 1. The molecule has 1 aromatic carbocycles. The van der Waals surface area contributed by atoms with Crippen molar-refractivity contribution in [3.8, 4) is 0 Å². The van der Waals surface area contributed by atoms with Gasteiger partial charge in [0, 0.05) is 25.4 Å². The highest BCUT2D eigenvalue weighted by Crippen LogP contribution is 2.36. The molecule has 0 aliphatic rings. The summed E-state index contributed by atoms with van der Waals surface area (Å²) in [4.78, 5) is 25.4. The second-order valence-electron chi connectivity index (χ2n) is 7.59. The number of aryl methyl sites for hydroxylation is 1. The normalized spacial score (nSPS) is 11.3. The Balaban J connectivity index is 2.20. The average Bonchev–Trinajstić information content (AvgIpc) is 3.16. The standard InChI is InChI=1S/C23H32N4O7S/c1-15-14-17(27(7-11-34-13-9-29)6-3-10-33-12-8-28)4-5-18(15)25-26-22-19(21(24)30)16(2)20(35-22)23(31)32/h4-5,14,28-29H,3,6-13H2,1-2H3,(H2,24,30)(H,31,32). The number of amides is 1. The number of thiophene rings is 1. The summed E-state index contributed by atoms with van der Waals surface area (Å²) in [5.41, 5.74) is 8.10. The van der Waals surface area contributed by atoms with Gasteiger partial charge >= 0.3 is 5.97 Å². The van der Waals surface area contributed by atoms with E-state index in [1.165, 1.54) is 6.92 Å². The molecule has 11 nitrogen and oxygen atoms in total. The lowest BCUT2D eigenvalue weighted by molar-refractivity contribution is 0.0701. The molecule has 35 heavy (non-hydrogen) atoms. The molecule has 0 radical (unpaired) electrons. The molecule has 0 saturated carbocycles. The van der Waals surface area contributed by atoms with Gasteiger partial charge in [0.05, 0.1) is 44.3 Å². The lowest BCUT2D eigenvalue weighted by Crippen LogP contribution is -2.29. The first-order chi connectivity index (χ1) is 16.8. The molecule has 0 bridgehead atoms. The van der Waals surface area contributed by atoms with Crippen molar-refractivity contribution in [1.29, 1.82) is 0 Å². The Kier molecular flexibility index (Phi) is 11.7. The number of aliphatic hydroxyl groups excluding tert-OH is 2. The second-order valence-corrected chi connectivity index (χ2v) is 8.59. The number of rotatable bonds is 16.